The number of rotatable bonds is 2. The maximum atomic E-state index is 5.67. The average Bonchev–Trinajstić information content (AvgIpc) is 2.30. The van der Waals surface area contributed by atoms with E-state index in [9.17, 15) is 0 Å². The summed E-state index contributed by atoms with van der Waals surface area (Å²) >= 11 is 0. The van der Waals surface area contributed by atoms with Crippen molar-refractivity contribution in [2.45, 2.75) is 25.8 Å². The number of aryl methyl sites for hydroxylation is 1. The van der Waals surface area contributed by atoms with E-state index in [1.54, 1.807) is 0 Å². The Balaban J connectivity index is 1.98. The summed E-state index contributed by atoms with van der Waals surface area (Å²) in [6.07, 6.45) is 2.47. The molecule has 0 radical (unpaired) electrons. The summed E-state index contributed by atoms with van der Waals surface area (Å²) in [7, 11) is 0. The van der Waals surface area contributed by atoms with Crippen LogP contribution in [0.4, 0.5) is 0 Å². The Kier molecular flexibility index (Phi) is 3.39. The van der Waals surface area contributed by atoms with Crippen LogP contribution in [0.15, 0.2) is 24.3 Å². The standard InChI is InChI=1S/C13H20N2/c1-10-2-5-12(6-3-10)13-7-4-11(8-14)9-15-13/h2-3,5-6,11,13,15H,4,7-9,14H2,1H3. The van der Waals surface area contributed by atoms with Crippen molar-refractivity contribution in [2.75, 3.05) is 13.1 Å². The summed E-state index contributed by atoms with van der Waals surface area (Å²) < 4.78 is 0. The molecular weight excluding hydrogens is 184 g/mol. The lowest BCUT2D eigenvalue weighted by molar-refractivity contribution is 0.320. The monoisotopic (exact) mass is 204 g/mol. The molecule has 2 heteroatoms. The molecule has 0 saturated carbocycles. The van der Waals surface area contributed by atoms with Gasteiger partial charge < -0.3 is 11.1 Å². The summed E-state index contributed by atoms with van der Waals surface area (Å²) in [5.74, 6) is 0.673. The van der Waals surface area contributed by atoms with Crippen LogP contribution < -0.4 is 11.1 Å². The first-order chi connectivity index (χ1) is 7.29. The molecule has 2 atom stereocenters. The molecule has 15 heavy (non-hydrogen) atoms. The van der Waals surface area contributed by atoms with E-state index < -0.39 is 0 Å². The minimum Gasteiger partial charge on any atom is -0.330 e. The van der Waals surface area contributed by atoms with Crippen molar-refractivity contribution in [3.63, 3.8) is 0 Å². The summed E-state index contributed by atoms with van der Waals surface area (Å²) in [5, 5.41) is 3.58. The van der Waals surface area contributed by atoms with Gasteiger partial charge in [-0.1, -0.05) is 29.8 Å². The predicted octanol–water partition coefficient (Wildman–Crippen LogP) is 1.99. The van der Waals surface area contributed by atoms with E-state index in [4.69, 9.17) is 5.73 Å². The summed E-state index contributed by atoms with van der Waals surface area (Å²) in [6.45, 7) is 4.01. The third-order valence-corrected chi connectivity index (χ3v) is 3.33. The summed E-state index contributed by atoms with van der Waals surface area (Å²) in [6, 6.07) is 9.37. The Hall–Kier alpha value is -0.860. The van der Waals surface area contributed by atoms with E-state index in [1.807, 2.05) is 0 Å². The molecule has 1 fully saturated rings. The minimum atomic E-state index is 0.536. The molecule has 1 aromatic carbocycles. The molecule has 1 aliphatic heterocycles. The van der Waals surface area contributed by atoms with Crippen LogP contribution in [0.3, 0.4) is 0 Å². The summed E-state index contributed by atoms with van der Waals surface area (Å²) in [5.41, 5.74) is 8.41. The van der Waals surface area contributed by atoms with Crippen molar-refractivity contribution >= 4 is 0 Å². The quantitative estimate of drug-likeness (QED) is 0.773. The number of piperidine rings is 1. The molecule has 0 aromatic heterocycles. The van der Waals surface area contributed by atoms with Crippen molar-refractivity contribution in [3.8, 4) is 0 Å². The van der Waals surface area contributed by atoms with E-state index in [1.165, 1.54) is 24.0 Å². The highest BCUT2D eigenvalue weighted by Crippen LogP contribution is 2.25. The lowest BCUT2D eigenvalue weighted by Gasteiger charge is -2.29. The number of hydrogen-bond acceptors (Lipinski definition) is 2. The second kappa shape index (κ2) is 4.77. The van der Waals surface area contributed by atoms with Gasteiger partial charge in [-0.25, -0.2) is 0 Å². The Bertz CT molecular complexity index is 297. The van der Waals surface area contributed by atoms with Gasteiger partial charge >= 0.3 is 0 Å². The fourth-order valence-corrected chi connectivity index (χ4v) is 2.20. The Morgan fingerprint density at radius 2 is 2.00 bits per heavy atom. The van der Waals surface area contributed by atoms with Crippen molar-refractivity contribution in [1.82, 2.24) is 5.32 Å². The molecule has 1 heterocycles. The highest BCUT2D eigenvalue weighted by Gasteiger charge is 2.20. The second-order valence-electron chi connectivity index (χ2n) is 4.55. The van der Waals surface area contributed by atoms with E-state index in [-0.39, 0.29) is 0 Å². The smallest absolute Gasteiger partial charge is 0.0320 e. The molecule has 0 spiro atoms. The van der Waals surface area contributed by atoms with Crippen LogP contribution in [0.1, 0.15) is 30.0 Å². The van der Waals surface area contributed by atoms with Gasteiger partial charge in [-0.05, 0) is 44.3 Å². The first kappa shape index (κ1) is 10.7. The Labute approximate surface area is 91.9 Å². The van der Waals surface area contributed by atoms with Crippen LogP contribution in [-0.2, 0) is 0 Å². The molecule has 1 aromatic rings. The number of nitrogens with one attached hydrogen (secondary N) is 1. The van der Waals surface area contributed by atoms with Crippen LogP contribution in [0.2, 0.25) is 0 Å². The van der Waals surface area contributed by atoms with Crippen molar-refractivity contribution in [3.05, 3.63) is 35.4 Å². The molecule has 2 unspecified atom stereocenters. The number of benzene rings is 1. The van der Waals surface area contributed by atoms with Crippen molar-refractivity contribution in [1.29, 1.82) is 0 Å². The average molecular weight is 204 g/mol. The largest absolute Gasteiger partial charge is 0.330 e. The minimum absolute atomic E-state index is 0.536. The molecule has 0 aliphatic carbocycles. The maximum absolute atomic E-state index is 5.67. The topological polar surface area (TPSA) is 38.0 Å². The lowest BCUT2D eigenvalue weighted by atomic mass is 9.91. The molecule has 1 saturated heterocycles. The molecule has 2 nitrogen and oxygen atoms in total. The van der Waals surface area contributed by atoms with Gasteiger partial charge in [-0.3, -0.25) is 0 Å². The van der Waals surface area contributed by atoms with Crippen molar-refractivity contribution in [2.24, 2.45) is 11.7 Å². The van der Waals surface area contributed by atoms with Gasteiger partial charge in [0.05, 0.1) is 0 Å². The number of nitrogens with two attached hydrogens (primary N) is 1. The molecule has 1 aliphatic rings. The molecule has 0 bridgehead atoms. The van der Waals surface area contributed by atoms with Crippen LogP contribution in [0, 0.1) is 12.8 Å². The molecule has 3 N–H and O–H groups in total. The van der Waals surface area contributed by atoms with E-state index in [0.29, 0.717) is 12.0 Å². The SMILES string of the molecule is Cc1ccc(C2CCC(CN)CN2)cc1. The van der Waals surface area contributed by atoms with Gasteiger partial charge in [-0.15, -0.1) is 0 Å². The number of hydrogen-bond donors (Lipinski definition) is 2. The first-order valence-electron chi connectivity index (χ1n) is 5.79. The third kappa shape index (κ3) is 2.58. The van der Waals surface area contributed by atoms with Crippen LogP contribution in [-0.4, -0.2) is 13.1 Å². The Morgan fingerprint density at radius 3 is 2.53 bits per heavy atom. The van der Waals surface area contributed by atoms with Crippen molar-refractivity contribution < 1.29 is 0 Å². The van der Waals surface area contributed by atoms with Crippen LogP contribution in [0.5, 0.6) is 0 Å². The van der Waals surface area contributed by atoms with Gasteiger partial charge in [0.15, 0.2) is 0 Å². The molecule has 0 amide bonds. The van der Waals surface area contributed by atoms with Gasteiger partial charge in [0.25, 0.3) is 0 Å². The fraction of sp³-hybridized carbons (Fsp3) is 0.538. The molecule has 2 rings (SSSR count). The predicted molar refractivity (Wildman–Crippen MR) is 63.7 cm³/mol. The van der Waals surface area contributed by atoms with Gasteiger partial charge in [-0.2, -0.15) is 0 Å². The van der Waals surface area contributed by atoms with Gasteiger partial charge in [0.1, 0.15) is 0 Å². The first-order valence-corrected chi connectivity index (χ1v) is 5.79. The maximum Gasteiger partial charge on any atom is 0.0320 e. The van der Waals surface area contributed by atoms with E-state index in [2.05, 4.69) is 36.5 Å². The molecule has 82 valence electrons. The lowest BCUT2D eigenvalue weighted by Crippen LogP contribution is -2.36. The van der Waals surface area contributed by atoms with Crippen LogP contribution >= 0.6 is 0 Å². The third-order valence-electron chi connectivity index (χ3n) is 3.33. The zero-order valence-corrected chi connectivity index (χ0v) is 9.37. The fourth-order valence-electron chi connectivity index (χ4n) is 2.20. The van der Waals surface area contributed by atoms with Gasteiger partial charge in [0.2, 0.25) is 0 Å². The summed E-state index contributed by atoms with van der Waals surface area (Å²) in [4.78, 5) is 0. The zero-order valence-electron chi connectivity index (χ0n) is 9.37. The molecular formula is C13H20N2. The van der Waals surface area contributed by atoms with Gasteiger partial charge in [0, 0.05) is 6.04 Å². The van der Waals surface area contributed by atoms with E-state index >= 15 is 0 Å². The normalized spacial score (nSPS) is 26.5. The Morgan fingerprint density at radius 1 is 1.27 bits per heavy atom. The van der Waals surface area contributed by atoms with E-state index in [0.717, 1.165) is 13.1 Å². The zero-order chi connectivity index (χ0) is 10.7. The second-order valence-corrected chi connectivity index (χ2v) is 4.55. The van der Waals surface area contributed by atoms with Crippen LogP contribution in [0.25, 0.3) is 0 Å². The highest BCUT2D eigenvalue weighted by atomic mass is 14.9. The highest BCUT2D eigenvalue weighted by molar-refractivity contribution is 5.24.